The summed E-state index contributed by atoms with van der Waals surface area (Å²) in [6.45, 7) is 4.85. The molecule has 4 heteroatoms. The number of rotatable bonds is 3. The average Bonchev–Trinajstić information content (AvgIpc) is 2.73. The number of aryl methyl sites for hydroxylation is 1. The Labute approximate surface area is 173 Å². The minimum Gasteiger partial charge on any atom is -0.497 e. The number of hydrogen-bond acceptors (Lipinski definition) is 3. The molecule has 4 nitrogen and oxygen atoms in total. The topological polar surface area (TPSA) is 57.2 Å². The summed E-state index contributed by atoms with van der Waals surface area (Å²) in [6.07, 6.45) is 7.21. The molecule has 0 saturated heterocycles. The van der Waals surface area contributed by atoms with Gasteiger partial charge in [0.2, 0.25) is 0 Å². The van der Waals surface area contributed by atoms with Crippen LogP contribution in [0.4, 0.5) is 0 Å². The van der Waals surface area contributed by atoms with E-state index in [0.29, 0.717) is 12.6 Å². The van der Waals surface area contributed by atoms with E-state index < -0.39 is 0 Å². The zero-order valence-corrected chi connectivity index (χ0v) is 17.7. The van der Waals surface area contributed by atoms with Crippen molar-refractivity contribution >= 4 is 10.8 Å². The maximum atomic E-state index is 12.5. The number of fused-ring (bicyclic) bond motifs is 1. The molecule has 1 fully saturated rings. The van der Waals surface area contributed by atoms with E-state index in [1.165, 1.54) is 25.7 Å². The van der Waals surface area contributed by atoms with Crippen molar-refractivity contribution in [1.82, 2.24) is 4.57 Å². The minimum atomic E-state index is 0.0447. The van der Waals surface area contributed by atoms with Crippen molar-refractivity contribution in [2.45, 2.75) is 52.1 Å². The van der Waals surface area contributed by atoms with E-state index in [-0.39, 0.29) is 5.56 Å². The van der Waals surface area contributed by atoms with Crippen LogP contribution in [0.5, 0.6) is 5.75 Å². The molecule has 1 aliphatic rings. The molecule has 154 valence electrons. The number of pyridine rings is 1. The van der Waals surface area contributed by atoms with Crippen LogP contribution in [0.2, 0.25) is 0 Å². The standard InChI is InChI=1S/C18H17NO2.C7H15N/c1-13-3-8-17-15(11-13)9-10-19(18(17)20)12-14-4-6-16(21-2)7-5-14;1-6-4-2-3-5-7(6)8/h3-11H,12H2,1-2H3;6-7H,2-5,8H2,1H3. The molecular weight excluding hydrogens is 360 g/mol. The normalized spacial score (nSPS) is 18.8. The Bertz CT molecular complexity index is 982. The molecule has 2 aromatic carbocycles. The highest BCUT2D eigenvalue weighted by Gasteiger charge is 2.16. The molecular formula is C25H32N2O2. The van der Waals surface area contributed by atoms with Gasteiger partial charge in [0.05, 0.1) is 13.7 Å². The van der Waals surface area contributed by atoms with Crippen molar-refractivity contribution in [3.63, 3.8) is 0 Å². The van der Waals surface area contributed by atoms with Crippen LogP contribution in [-0.4, -0.2) is 17.7 Å². The van der Waals surface area contributed by atoms with Crippen molar-refractivity contribution in [3.8, 4) is 5.75 Å². The highest BCUT2D eigenvalue weighted by Crippen LogP contribution is 2.21. The van der Waals surface area contributed by atoms with Gasteiger partial charge in [-0.15, -0.1) is 0 Å². The van der Waals surface area contributed by atoms with Gasteiger partial charge < -0.3 is 15.0 Å². The Morgan fingerprint density at radius 1 is 1.07 bits per heavy atom. The van der Waals surface area contributed by atoms with Crippen molar-refractivity contribution in [2.75, 3.05) is 7.11 Å². The summed E-state index contributed by atoms with van der Waals surface area (Å²) in [5.74, 6) is 1.60. The summed E-state index contributed by atoms with van der Waals surface area (Å²) in [5.41, 5.74) is 8.06. The molecule has 1 aromatic heterocycles. The van der Waals surface area contributed by atoms with Gasteiger partial charge in [-0.05, 0) is 60.9 Å². The molecule has 1 saturated carbocycles. The minimum absolute atomic E-state index is 0.0447. The van der Waals surface area contributed by atoms with Crippen LogP contribution in [0.15, 0.2) is 59.5 Å². The highest BCUT2D eigenvalue weighted by molar-refractivity contribution is 5.82. The summed E-state index contributed by atoms with van der Waals surface area (Å²) in [4.78, 5) is 12.5. The highest BCUT2D eigenvalue weighted by atomic mass is 16.5. The van der Waals surface area contributed by atoms with E-state index in [1.54, 1.807) is 11.7 Å². The van der Waals surface area contributed by atoms with Gasteiger partial charge in [-0.1, -0.05) is 49.6 Å². The molecule has 3 aromatic rings. The number of hydrogen-bond donors (Lipinski definition) is 1. The van der Waals surface area contributed by atoms with E-state index in [0.717, 1.165) is 33.6 Å². The summed E-state index contributed by atoms with van der Waals surface area (Å²) >= 11 is 0. The molecule has 4 rings (SSSR count). The first-order chi connectivity index (χ1) is 14.0. The van der Waals surface area contributed by atoms with Crippen LogP contribution < -0.4 is 16.0 Å². The molecule has 0 spiro atoms. The van der Waals surface area contributed by atoms with Gasteiger partial charge in [-0.3, -0.25) is 4.79 Å². The van der Waals surface area contributed by atoms with E-state index >= 15 is 0 Å². The van der Waals surface area contributed by atoms with Crippen molar-refractivity contribution in [2.24, 2.45) is 11.7 Å². The predicted octanol–water partition coefficient (Wildman–Crippen LogP) is 4.89. The zero-order chi connectivity index (χ0) is 20.8. The SMILES string of the molecule is CC1CCCCC1N.COc1ccc(Cn2ccc3cc(C)ccc3c2=O)cc1. The fourth-order valence-corrected chi connectivity index (χ4v) is 3.80. The van der Waals surface area contributed by atoms with Gasteiger partial charge >= 0.3 is 0 Å². The number of methoxy groups -OCH3 is 1. The van der Waals surface area contributed by atoms with Crippen LogP contribution in [0.3, 0.4) is 0 Å². The second-order valence-electron chi connectivity index (χ2n) is 8.11. The fraction of sp³-hybridized carbons (Fsp3) is 0.400. The third-order valence-electron chi connectivity index (χ3n) is 5.82. The van der Waals surface area contributed by atoms with Gasteiger partial charge in [0.1, 0.15) is 5.75 Å². The third kappa shape index (κ3) is 5.48. The lowest BCUT2D eigenvalue weighted by atomic mass is 9.87. The van der Waals surface area contributed by atoms with E-state index in [2.05, 4.69) is 6.92 Å². The van der Waals surface area contributed by atoms with Crippen LogP contribution in [0.1, 0.15) is 43.7 Å². The Balaban J connectivity index is 0.000000252. The van der Waals surface area contributed by atoms with E-state index in [1.807, 2.05) is 61.7 Å². The molecule has 2 unspecified atom stereocenters. The summed E-state index contributed by atoms with van der Waals surface area (Å²) in [6, 6.07) is 16.2. The molecule has 2 atom stereocenters. The lowest BCUT2D eigenvalue weighted by molar-refractivity contribution is 0.331. The molecule has 0 radical (unpaired) electrons. The van der Waals surface area contributed by atoms with Crippen LogP contribution in [0, 0.1) is 12.8 Å². The molecule has 0 bridgehead atoms. The lowest BCUT2D eigenvalue weighted by Crippen LogP contribution is -2.30. The van der Waals surface area contributed by atoms with Gasteiger partial charge in [-0.2, -0.15) is 0 Å². The zero-order valence-electron chi connectivity index (χ0n) is 17.7. The Morgan fingerprint density at radius 2 is 1.79 bits per heavy atom. The average molecular weight is 393 g/mol. The number of nitrogens with zero attached hydrogens (tertiary/aromatic N) is 1. The van der Waals surface area contributed by atoms with Gasteiger partial charge in [-0.25, -0.2) is 0 Å². The van der Waals surface area contributed by atoms with Crippen LogP contribution >= 0.6 is 0 Å². The first kappa shape index (κ1) is 21.1. The first-order valence-corrected chi connectivity index (χ1v) is 10.5. The second-order valence-corrected chi connectivity index (χ2v) is 8.11. The Hall–Kier alpha value is -2.59. The maximum Gasteiger partial charge on any atom is 0.258 e. The quantitative estimate of drug-likeness (QED) is 0.690. The van der Waals surface area contributed by atoms with Crippen molar-refractivity contribution < 1.29 is 4.74 Å². The van der Waals surface area contributed by atoms with Crippen molar-refractivity contribution in [3.05, 3.63) is 76.2 Å². The molecule has 0 aliphatic heterocycles. The van der Waals surface area contributed by atoms with Crippen LogP contribution in [0.25, 0.3) is 10.8 Å². The van der Waals surface area contributed by atoms with E-state index in [9.17, 15) is 4.79 Å². The lowest BCUT2D eigenvalue weighted by Gasteiger charge is -2.24. The summed E-state index contributed by atoms with van der Waals surface area (Å²) < 4.78 is 6.88. The summed E-state index contributed by atoms with van der Waals surface area (Å²) in [7, 11) is 1.64. The number of aromatic nitrogens is 1. The molecule has 2 N–H and O–H groups in total. The molecule has 0 amide bonds. The number of ether oxygens (including phenoxy) is 1. The predicted molar refractivity (Wildman–Crippen MR) is 121 cm³/mol. The van der Waals surface area contributed by atoms with Crippen molar-refractivity contribution in [1.29, 1.82) is 0 Å². The Morgan fingerprint density at radius 3 is 2.41 bits per heavy atom. The molecule has 1 heterocycles. The Kier molecular flexibility index (Phi) is 7.10. The maximum absolute atomic E-state index is 12.5. The fourth-order valence-electron chi connectivity index (χ4n) is 3.80. The largest absolute Gasteiger partial charge is 0.497 e. The summed E-state index contributed by atoms with van der Waals surface area (Å²) in [5, 5.41) is 1.75. The molecule has 1 aliphatic carbocycles. The van der Waals surface area contributed by atoms with Gasteiger partial charge in [0.15, 0.2) is 0 Å². The number of benzene rings is 2. The van der Waals surface area contributed by atoms with Gasteiger partial charge in [0.25, 0.3) is 5.56 Å². The smallest absolute Gasteiger partial charge is 0.258 e. The second kappa shape index (κ2) is 9.75. The van der Waals surface area contributed by atoms with Crippen LogP contribution in [-0.2, 0) is 6.54 Å². The third-order valence-corrected chi connectivity index (χ3v) is 5.82. The first-order valence-electron chi connectivity index (χ1n) is 10.5. The number of nitrogens with two attached hydrogens (primary N) is 1. The van der Waals surface area contributed by atoms with E-state index in [4.69, 9.17) is 10.5 Å². The monoisotopic (exact) mass is 392 g/mol. The molecule has 29 heavy (non-hydrogen) atoms. The van der Waals surface area contributed by atoms with Gasteiger partial charge in [0, 0.05) is 17.6 Å².